The summed E-state index contributed by atoms with van der Waals surface area (Å²) in [5.41, 5.74) is 2.22. The van der Waals surface area contributed by atoms with Crippen LogP contribution in [0.25, 0.3) is 0 Å². The zero-order valence-electron chi connectivity index (χ0n) is 10.4. The van der Waals surface area contributed by atoms with Gasteiger partial charge in [-0.1, -0.05) is 41.6 Å². The summed E-state index contributed by atoms with van der Waals surface area (Å²) in [7, 11) is 0. The van der Waals surface area contributed by atoms with Gasteiger partial charge in [0.25, 0.3) is 0 Å². The maximum atomic E-state index is 10.3. The Morgan fingerprint density at radius 2 is 1.89 bits per heavy atom. The first kappa shape index (κ1) is 12.7. The van der Waals surface area contributed by atoms with Crippen LogP contribution in [0.3, 0.4) is 0 Å². The highest BCUT2D eigenvalue weighted by Crippen LogP contribution is 2.27. The van der Waals surface area contributed by atoms with Crippen molar-refractivity contribution >= 4 is 18.0 Å². The van der Waals surface area contributed by atoms with E-state index in [1.165, 1.54) is 6.08 Å². The predicted molar refractivity (Wildman–Crippen MR) is 73.6 cm³/mol. The van der Waals surface area contributed by atoms with Crippen molar-refractivity contribution in [1.82, 2.24) is 0 Å². The smallest absolute Gasteiger partial charge is 0.240 e. The van der Waals surface area contributed by atoms with Gasteiger partial charge in [0.1, 0.15) is 0 Å². The van der Waals surface area contributed by atoms with E-state index in [1.54, 1.807) is 24.4 Å². The Hall–Kier alpha value is -2.71. The van der Waals surface area contributed by atoms with Crippen molar-refractivity contribution in [3.8, 4) is 5.75 Å². The van der Waals surface area contributed by atoms with E-state index in [-0.39, 0.29) is 0 Å². The molecule has 0 fully saturated rings. The number of hydrogen-bond donors (Lipinski definition) is 0. The third-order valence-electron chi connectivity index (χ3n) is 2.57. The highest BCUT2D eigenvalue weighted by Gasteiger charge is 2.03. The van der Waals surface area contributed by atoms with E-state index in [9.17, 15) is 4.79 Å². The molecule has 0 aliphatic rings. The van der Waals surface area contributed by atoms with Crippen molar-refractivity contribution in [1.29, 1.82) is 0 Å². The summed E-state index contributed by atoms with van der Waals surface area (Å²) < 4.78 is 0. The SMILES string of the molecule is Cc1c(N=C=O)cccc1ON=Cc1ccccc1. The molecular weight excluding hydrogens is 240 g/mol. The number of oxime groups is 1. The molecule has 2 aromatic rings. The maximum absolute atomic E-state index is 10.3. The van der Waals surface area contributed by atoms with Crippen molar-refractivity contribution < 1.29 is 9.63 Å². The molecule has 0 saturated heterocycles. The van der Waals surface area contributed by atoms with Gasteiger partial charge in [0.05, 0.1) is 11.9 Å². The first-order valence-corrected chi connectivity index (χ1v) is 5.74. The van der Waals surface area contributed by atoms with Gasteiger partial charge in [-0.25, -0.2) is 4.79 Å². The van der Waals surface area contributed by atoms with Crippen LogP contribution in [0.2, 0.25) is 0 Å². The number of carbonyl (C=O) groups excluding carboxylic acids is 1. The molecule has 4 heteroatoms. The molecule has 4 nitrogen and oxygen atoms in total. The van der Waals surface area contributed by atoms with E-state index in [4.69, 9.17) is 4.84 Å². The summed E-state index contributed by atoms with van der Waals surface area (Å²) in [6, 6.07) is 14.9. The Kier molecular flexibility index (Phi) is 4.21. The maximum Gasteiger partial charge on any atom is 0.240 e. The molecule has 0 N–H and O–H groups in total. The molecule has 0 spiro atoms. The molecule has 0 saturated carbocycles. The highest BCUT2D eigenvalue weighted by atomic mass is 16.6. The molecule has 2 aromatic carbocycles. The Morgan fingerprint density at radius 1 is 1.11 bits per heavy atom. The zero-order valence-corrected chi connectivity index (χ0v) is 10.4. The minimum absolute atomic E-state index is 0.530. The summed E-state index contributed by atoms with van der Waals surface area (Å²) >= 11 is 0. The molecule has 0 unspecified atom stereocenters. The van der Waals surface area contributed by atoms with Crippen molar-refractivity contribution in [2.75, 3.05) is 0 Å². The van der Waals surface area contributed by atoms with Crippen molar-refractivity contribution in [3.63, 3.8) is 0 Å². The quantitative estimate of drug-likeness (QED) is 0.476. The summed E-state index contributed by atoms with van der Waals surface area (Å²) in [6.07, 6.45) is 3.14. The molecular formula is C15H12N2O2. The van der Waals surface area contributed by atoms with Gasteiger partial charge in [0, 0.05) is 5.56 Å². The number of aliphatic imine (C=N–C) groups is 1. The fourth-order valence-corrected chi connectivity index (χ4v) is 1.56. The standard InChI is InChI=1S/C15H12N2O2/c1-12-14(16-11-18)8-5-9-15(12)19-17-10-13-6-3-2-4-7-13/h2-10H,1H3. The van der Waals surface area contributed by atoms with Crippen LogP contribution in [0.1, 0.15) is 11.1 Å². The fraction of sp³-hybridized carbons (Fsp3) is 0.0667. The fourth-order valence-electron chi connectivity index (χ4n) is 1.56. The number of isocyanates is 1. The van der Waals surface area contributed by atoms with Crippen LogP contribution in [-0.4, -0.2) is 12.3 Å². The normalized spacial score (nSPS) is 10.2. The Morgan fingerprint density at radius 3 is 2.63 bits per heavy atom. The van der Waals surface area contributed by atoms with E-state index in [0.29, 0.717) is 11.4 Å². The van der Waals surface area contributed by atoms with Crippen LogP contribution in [0.5, 0.6) is 5.75 Å². The number of rotatable bonds is 4. The largest absolute Gasteiger partial charge is 0.357 e. The van der Waals surface area contributed by atoms with E-state index in [2.05, 4.69) is 10.1 Å². The Labute approximate surface area is 111 Å². The molecule has 19 heavy (non-hydrogen) atoms. The molecule has 94 valence electrons. The van der Waals surface area contributed by atoms with Crippen LogP contribution in [0.15, 0.2) is 58.7 Å². The van der Waals surface area contributed by atoms with Crippen molar-refractivity contribution in [2.24, 2.45) is 10.1 Å². The summed E-state index contributed by atoms with van der Waals surface area (Å²) in [5.74, 6) is 0.559. The van der Waals surface area contributed by atoms with Gasteiger partial charge in [0.2, 0.25) is 6.08 Å². The van der Waals surface area contributed by atoms with Gasteiger partial charge >= 0.3 is 0 Å². The summed E-state index contributed by atoms with van der Waals surface area (Å²) in [6.45, 7) is 1.81. The van der Waals surface area contributed by atoms with Gasteiger partial charge < -0.3 is 4.84 Å². The second-order valence-electron chi connectivity index (χ2n) is 3.84. The number of nitrogens with zero attached hydrogens (tertiary/aromatic N) is 2. The molecule has 0 aliphatic carbocycles. The van der Waals surface area contributed by atoms with Crippen LogP contribution < -0.4 is 4.84 Å². The lowest BCUT2D eigenvalue weighted by Crippen LogP contribution is -1.89. The number of benzene rings is 2. The molecule has 0 atom stereocenters. The second-order valence-corrected chi connectivity index (χ2v) is 3.84. The number of hydrogen-bond acceptors (Lipinski definition) is 4. The van der Waals surface area contributed by atoms with Gasteiger partial charge in [-0.05, 0) is 24.6 Å². The first-order chi connectivity index (χ1) is 9.31. The van der Waals surface area contributed by atoms with Crippen LogP contribution >= 0.6 is 0 Å². The summed E-state index contributed by atoms with van der Waals surface area (Å²) in [4.78, 5) is 19.2. The third kappa shape index (κ3) is 3.37. The molecule has 2 rings (SSSR count). The summed E-state index contributed by atoms with van der Waals surface area (Å²) in [5, 5.41) is 3.91. The highest BCUT2D eigenvalue weighted by molar-refractivity contribution is 5.79. The van der Waals surface area contributed by atoms with Gasteiger partial charge in [-0.2, -0.15) is 4.99 Å². The van der Waals surface area contributed by atoms with Crippen molar-refractivity contribution in [2.45, 2.75) is 6.92 Å². The third-order valence-corrected chi connectivity index (χ3v) is 2.57. The average molecular weight is 252 g/mol. The first-order valence-electron chi connectivity index (χ1n) is 5.74. The molecule has 0 amide bonds. The lowest BCUT2D eigenvalue weighted by Gasteiger charge is -2.04. The van der Waals surface area contributed by atoms with Gasteiger partial charge in [-0.3, -0.25) is 0 Å². The monoisotopic (exact) mass is 252 g/mol. The molecule has 0 bridgehead atoms. The lowest BCUT2D eigenvalue weighted by atomic mass is 10.2. The predicted octanol–water partition coefficient (Wildman–Crippen LogP) is 3.38. The van der Waals surface area contributed by atoms with Crippen molar-refractivity contribution in [3.05, 3.63) is 59.7 Å². The molecule has 0 aromatic heterocycles. The van der Waals surface area contributed by atoms with Crippen LogP contribution in [-0.2, 0) is 4.79 Å². The Bertz CT molecular complexity index is 630. The Balaban J connectivity index is 2.14. The van der Waals surface area contributed by atoms with E-state index >= 15 is 0 Å². The topological polar surface area (TPSA) is 51.0 Å². The lowest BCUT2D eigenvalue weighted by molar-refractivity contribution is 0.341. The van der Waals surface area contributed by atoms with Gasteiger partial charge in [-0.15, -0.1) is 0 Å². The van der Waals surface area contributed by atoms with Crippen LogP contribution in [0.4, 0.5) is 5.69 Å². The van der Waals surface area contributed by atoms with E-state index in [0.717, 1.165) is 11.1 Å². The molecule has 0 aliphatic heterocycles. The van der Waals surface area contributed by atoms with E-state index in [1.807, 2.05) is 37.3 Å². The zero-order chi connectivity index (χ0) is 13.5. The minimum Gasteiger partial charge on any atom is -0.357 e. The second kappa shape index (κ2) is 6.28. The van der Waals surface area contributed by atoms with Gasteiger partial charge in [0.15, 0.2) is 5.75 Å². The molecule has 0 radical (unpaired) electrons. The van der Waals surface area contributed by atoms with E-state index < -0.39 is 0 Å². The molecule has 0 heterocycles. The minimum atomic E-state index is 0.530. The average Bonchev–Trinajstić information content (AvgIpc) is 2.44. The van der Waals surface area contributed by atoms with Crippen LogP contribution in [0, 0.1) is 6.92 Å².